The van der Waals surface area contributed by atoms with Gasteiger partial charge in [-0.3, -0.25) is 0 Å². The van der Waals surface area contributed by atoms with Crippen molar-refractivity contribution in [1.29, 1.82) is 0 Å². The van der Waals surface area contributed by atoms with Crippen molar-refractivity contribution in [3.05, 3.63) is 34.9 Å². The number of hydrogen-bond acceptors (Lipinski definition) is 0. The second-order valence-corrected chi connectivity index (χ2v) is 9.20. The first-order valence-electron chi connectivity index (χ1n) is 6.36. The van der Waals surface area contributed by atoms with Gasteiger partial charge in [-0.15, -0.1) is 0 Å². The van der Waals surface area contributed by atoms with Crippen LogP contribution < -0.4 is 0 Å². The lowest BCUT2D eigenvalue weighted by Crippen LogP contribution is -2.11. The van der Waals surface area contributed by atoms with E-state index in [-0.39, 0.29) is 0 Å². The normalized spacial score (nSPS) is 12.8. The van der Waals surface area contributed by atoms with Gasteiger partial charge in [-0.25, -0.2) is 10.0 Å². The minimum absolute atomic E-state index is 0.397. The highest BCUT2D eigenvalue weighted by atomic mass is 32.3. The first kappa shape index (κ1) is 13.6. The maximum atomic E-state index is 2.37. The molecular weight excluding hydrogens is 212 g/mol. The van der Waals surface area contributed by atoms with Crippen molar-refractivity contribution >= 4 is 10.0 Å². The van der Waals surface area contributed by atoms with Gasteiger partial charge in [-0.1, -0.05) is 50.1 Å². The van der Waals surface area contributed by atoms with Crippen molar-refractivity contribution in [2.75, 3.05) is 17.3 Å². The second kappa shape index (κ2) is 5.77. The Bertz CT molecular complexity index is 309. The molecule has 0 fully saturated rings. The fourth-order valence-electron chi connectivity index (χ4n) is 2.42. The standard InChI is InChI=1S/C15H26S/c1-6-16(7-2,8-3)12-15-10-13(4)9-14(5)11-15/h9-11H,6-8,12H2,1-5H3. The van der Waals surface area contributed by atoms with Gasteiger partial charge in [-0.2, -0.15) is 0 Å². The van der Waals surface area contributed by atoms with E-state index < -0.39 is 10.0 Å². The van der Waals surface area contributed by atoms with Crippen LogP contribution in [0.15, 0.2) is 18.2 Å². The Hall–Kier alpha value is -0.430. The summed E-state index contributed by atoms with van der Waals surface area (Å²) in [6.07, 6.45) is 0. The van der Waals surface area contributed by atoms with Crippen LogP contribution in [0.2, 0.25) is 0 Å². The molecule has 0 aliphatic heterocycles. The van der Waals surface area contributed by atoms with Crippen molar-refractivity contribution in [2.24, 2.45) is 0 Å². The molecule has 92 valence electrons. The Balaban J connectivity index is 2.93. The summed E-state index contributed by atoms with van der Waals surface area (Å²) in [7, 11) is -0.397. The average Bonchev–Trinajstić information content (AvgIpc) is 2.25. The molecule has 0 saturated heterocycles. The Kier molecular flexibility index (Phi) is 4.91. The summed E-state index contributed by atoms with van der Waals surface area (Å²) in [5.41, 5.74) is 4.37. The molecule has 0 amide bonds. The van der Waals surface area contributed by atoms with Crippen molar-refractivity contribution in [1.82, 2.24) is 0 Å². The van der Waals surface area contributed by atoms with Crippen LogP contribution in [0.25, 0.3) is 0 Å². The molecular formula is C15H26S. The van der Waals surface area contributed by atoms with E-state index in [0.29, 0.717) is 0 Å². The molecule has 16 heavy (non-hydrogen) atoms. The lowest BCUT2D eigenvalue weighted by Gasteiger charge is -2.37. The summed E-state index contributed by atoms with van der Waals surface area (Å²) in [6.45, 7) is 11.5. The van der Waals surface area contributed by atoms with Gasteiger partial charge in [0.05, 0.1) is 0 Å². The molecule has 0 unspecified atom stereocenters. The third-order valence-corrected chi connectivity index (χ3v) is 8.21. The predicted molar refractivity (Wildman–Crippen MR) is 78.8 cm³/mol. The maximum Gasteiger partial charge on any atom is 0.00251 e. The van der Waals surface area contributed by atoms with E-state index in [2.05, 4.69) is 52.8 Å². The van der Waals surface area contributed by atoms with E-state index in [0.717, 1.165) is 0 Å². The van der Waals surface area contributed by atoms with Gasteiger partial charge in [0.1, 0.15) is 0 Å². The summed E-state index contributed by atoms with van der Waals surface area (Å²) in [5, 5.41) is 0. The zero-order valence-corrected chi connectivity index (χ0v) is 12.3. The monoisotopic (exact) mass is 238 g/mol. The molecule has 0 radical (unpaired) electrons. The Morgan fingerprint density at radius 1 is 0.812 bits per heavy atom. The van der Waals surface area contributed by atoms with Crippen molar-refractivity contribution in [3.8, 4) is 0 Å². The topological polar surface area (TPSA) is 0 Å². The highest BCUT2D eigenvalue weighted by Gasteiger charge is 2.18. The SMILES string of the molecule is CCS(CC)(CC)Cc1cc(C)cc(C)c1. The minimum Gasteiger partial charge on any atom is -0.238 e. The number of benzene rings is 1. The fourth-order valence-corrected chi connectivity index (χ4v) is 5.14. The van der Waals surface area contributed by atoms with Gasteiger partial charge in [0.25, 0.3) is 0 Å². The summed E-state index contributed by atoms with van der Waals surface area (Å²) in [5.74, 6) is 5.42. The molecule has 0 heterocycles. The fraction of sp³-hybridized carbons (Fsp3) is 0.600. The minimum atomic E-state index is -0.397. The Morgan fingerprint density at radius 2 is 1.25 bits per heavy atom. The van der Waals surface area contributed by atoms with Gasteiger partial charge in [0, 0.05) is 5.75 Å². The lowest BCUT2D eigenvalue weighted by molar-refractivity contribution is 1.24. The lowest BCUT2D eigenvalue weighted by atomic mass is 10.1. The first-order valence-corrected chi connectivity index (χ1v) is 8.67. The molecule has 0 aliphatic rings. The summed E-state index contributed by atoms with van der Waals surface area (Å²) in [6, 6.07) is 7.01. The van der Waals surface area contributed by atoms with Crippen LogP contribution in [0, 0.1) is 13.8 Å². The number of aryl methyl sites for hydroxylation is 2. The summed E-state index contributed by atoms with van der Waals surface area (Å²) >= 11 is 0. The van der Waals surface area contributed by atoms with Crippen molar-refractivity contribution < 1.29 is 0 Å². The first-order chi connectivity index (χ1) is 7.55. The number of hydrogen-bond donors (Lipinski definition) is 0. The molecule has 0 bridgehead atoms. The Labute approximate surface area is 103 Å². The van der Waals surface area contributed by atoms with E-state index in [1.165, 1.54) is 34.1 Å². The molecule has 1 aromatic carbocycles. The molecule has 0 aromatic heterocycles. The third-order valence-electron chi connectivity index (χ3n) is 3.59. The van der Waals surface area contributed by atoms with Gasteiger partial charge in [0.2, 0.25) is 0 Å². The molecule has 0 spiro atoms. The predicted octanol–water partition coefficient (Wildman–Crippen LogP) is 4.67. The van der Waals surface area contributed by atoms with Crippen LogP contribution in [0.1, 0.15) is 37.5 Å². The molecule has 1 heteroatoms. The van der Waals surface area contributed by atoms with Crippen LogP contribution in [0.3, 0.4) is 0 Å². The van der Waals surface area contributed by atoms with Crippen LogP contribution >= 0.6 is 10.0 Å². The summed E-state index contributed by atoms with van der Waals surface area (Å²) < 4.78 is 0. The quantitative estimate of drug-likeness (QED) is 0.699. The molecule has 0 N–H and O–H groups in total. The van der Waals surface area contributed by atoms with E-state index in [9.17, 15) is 0 Å². The highest BCUT2D eigenvalue weighted by molar-refractivity contribution is 8.33. The van der Waals surface area contributed by atoms with Gasteiger partial charge < -0.3 is 0 Å². The summed E-state index contributed by atoms with van der Waals surface area (Å²) in [4.78, 5) is 0. The zero-order valence-electron chi connectivity index (χ0n) is 11.5. The average molecular weight is 238 g/mol. The molecule has 0 saturated carbocycles. The van der Waals surface area contributed by atoms with E-state index >= 15 is 0 Å². The van der Waals surface area contributed by atoms with Gasteiger partial charge >= 0.3 is 0 Å². The van der Waals surface area contributed by atoms with Crippen molar-refractivity contribution in [2.45, 2.75) is 40.4 Å². The van der Waals surface area contributed by atoms with Crippen LogP contribution in [0.4, 0.5) is 0 Å². The van der Waals surface area contributed by atoms with E-state index in [1.807, 2.05) is 0 Å². The van der Waals surface area contributed by atoms with Crippen LogP contribution in [-0.4, -0.2) is 17.3 Å². The molecule has 0 aliphatic carbocycles. The maximum absolute atomic E-state index is 2.37. The molecule has 1 rings (SSSR count). The second-order valence-electron chi connectivity index (χ2n) is 4.73. The smallest absolute Gasteiger partial charge is 0.00251 e. The van der Waals surface area contributed by atoms with Crippen molar-refractivity contribution in [3.63, 3.8) is 0 Å². The van der Waals surface area contributed by atoms with Gasteiger partial charge in [-0.05, 0) is 36.7 Å². The largest absolute Gasteiger partial charge is 0.238 e. The molecule has 1 aromatic rings. The third kappa shape index (κ3) is 3.28. The van der Waals surface area contributed by atoms with Crippen LogP contribution in [0.5, 0.6) is 0 Å². The van der Waals surface area contributed by atoms with Gasteiger partial charge in [0.15, 0.2) is 0 Å². The number of rotatable bonds is 5. The Morgan fingerprint density at radius 3 is 1.62 bits per heavy atom. The highest BCUT2D eigenvalue weighted by Crippen LogP contribution is 2.50. The van der Waals surface area contributed by atoms with Crippen LogP contribution in [-0.2, 0) is 5.75 Å². The zero-order chi connectivity index (χ0) is 12.2. The molecule has 0 nitrogen and oxygen atoms in total. The van der Waals surface area contributed by atoms with E-state index in [4.69, 9.17) is 0 Å². The molecule has 0 atom stereocenters. The van der Waals surface area contributed by atoms with E-state index in [1.54, 1.807) is 5.56 Å².